The molecule has 318 valence electrons. The molecule has 4 aromatic carbocycles. The van der Waals surface area contributed by atoms with Crippen LogP contribution >= 0.6 is 0 Å². The number of ether oxygens (including phenoxy) is 2. The Morgan fingerprint density at radius 1 is 0.656 bits per heavy atom. The number of benzene rings is 4. The summed E-state index contributed by atoms with van der Waals surface area (Å²) in [5.41, 5.74) is 4.46. The van der Waals surface area contributed by atoms with E-state index >= 15 is 0 Å². The topological polar surface area (TPSA) is 205 Å². The molecule has 8 aromatic rings. The minimum absolute atomic E-state index is 0.00135. The van der Waals surface area contributed by atoms with Gasteiger partial charge in [0.15, 0.2) is 30.2 Å². The van der Waals surface area contributed by atoms with Crippen molar-refractivity contribution in [2.75, 3.05) is 30.5 Å². The molecule has 0 saturated heterocycles. The van der Waals surface area contributed by atoms with Crippen LogP contribution in [0.4, 0.5) is 50.3 Å². The third-order valence-corrected chi connectivity index (χ3v) is 8.85. The molecule has 0 aliphatic heterocycles. The molecule has 22 heteroatoms. The Hall–Kier alpha value is -7.36. The van der Waals surface area contributed by atoms with Crippen molar-refractivity contribution < 1.29 is 64.5 Å². The molecule has 0 fully saturated rings. The lowest BCUT2D eigenvalue weighted by Gasteiger charge is -2.08. The molecule has 0 radical (unpaired) electrons. The Bertz CT molecular complexity index is 2900. The number of carboxylic acid groups (broad SMARTS) is 1. The second kappa shape index (κ2) is 16.7. The quantitative estimate of drug-likeness (QED) is 0.0635. The lowest BCUT2D eigenvalue weighted by atomic mass is 10.1. The van der Waals surface area contributed by atoms with Gasteiger partial charge in [0, 0.05) is 44.8 Å². The monoisotopic (exact) mass is 854 g/mol. The number of aromatic carboxylic acids is 1. The van der Waals surface area contributed by atoms with Gasteiger partial charge >= 0.3 is 30.4 Å². The van der Waals surface area contributed by atoms with Crippen molar-refractivity contribution in [1.82, 2.24) is 29.1 Å². The summed E-state index contributed by atoms with van der Waals surface area (Å²) in [7, 11) is 3.50. The lowest BCUT2D eigenvalue weighted by Crippen LogP contribution is -2.19. The van der Waals surface area contributed by atoms with Crippen molar-refractivity contribution in [3.8, 4) is 11.5 Å². The number of alkyl halides is 6. The molecule has 0 unspecified atom stereocenters. The summed E-state index contributed by atoms with van der Waals surface area (Å²) in [6.07, 6.45) is -8.24. The highest BCUT2D eigenvalue weighted by molar-refractivity contribution is 5.99. The van der Waals surface area contributed by atoms with Crippen LogP contribution in [0, 0.1) is 0 Å². The average molecular weight is 855 g/mol. The number of hydrogen-bond donors (Lipinski definition) is 4. The normalized spacial score (nSPS) is 11.9. The van der Waals surface area contributed by atoms with Crippen LogP contribution in [0.5, 0.6) is 11.5 Å². The largest absolute Gasteiger partial charge is 0.484 e. The maximum atomic E-state index is 12.3. The Morgan fingerprint density at radius 2 is 1.11 bits per heavy atom. The number of carboxylic acids is 1. The molecule has 8 rings (SSSR count). The van der Waals surface area contributed by atoms with Crippen LogP contribution in [0.1, 0.15) is 33.6 Å². The summed E-state index contributed by atoms with van der Waals surface area (Å²) < 4.78 is 97.9. The second-order valence-corrected chi connectivity index (χ2v) is 13.3. The van der Waals surface area contributed by atoms with Gasteiger partial charge in [0.25, 0.3) is 0 Å². The third kappa shape index (κ3) is 9.92. The molecule has 0 atom stereocenters. The summed E-state index contributed by atoms with van der Waals surface area (Å²) in [6, 6.07) is 18.2. The molecule has 4 aromatic heterocycles. The minimum atomic E-state index is -4.44. The number of aromatic nitrogens is 6. The average Bonchev–Trinajstić information content (AvgIpc) is 3.97. The van der Waals surface area contributed by atoms with E-state index in [1.165, 1.54) is 48.5 Å². The van der Waals surface area contributed by atoms with Crippen LogP contribution in [0.2, 0.25) is 0 Å². The molecule has 0 amide bonds. The number of nitrogens with zero attached hydrogens (tertiary/aromatic N) is 6. The molecular formula is C39H32F6N8O8. The fraction of sp³-hybridized carbons (Fsp3) is 0.231. The van der Waals surface area contributed by atoms with Crippen LogP contribution < -0.4 is 20.1 Å². The van der Waals surface area contributed by atoms with E-state index < -0.39 is 31.5 Å². The molecule has 61 heavy (non-hydrogen) atoms. The van der Waals surface area contributed by atoms with E-state index in [1.807, 2.05) is 0 Å². The van der Waals surface area contributed by atoms with Crippen molar-refractivity contribution in [1.29, 1.82) is 0 Å². The maximum Gasteiger partial charge on any atom is 0.422 e. The number of aliphatic hydroxyl groups excluding tert-OH is 1. The Balaban J connectivity index is 0.000000185. The molecule has 0 bridgehead atoms. The van der Waals surface area contributed by atoms with Crippen LogP contribution in [0.3, 0.4) is 0 Å². The number of hydrogen-bond acceptors (Lipinski definition) is 13. The predicted molar refractivity (Wildman–Crippen MR) is 207 cm³/mol. The van der Waals surface area contributed by atoms with Gasteiger partial charge in [-0.3, -0.25) is 15.4 Å². The first-order valence-electron chi connectivity index (χ1n) is 18.0. The smallest absolute Gasteiger partial charge is 0.422 e. The summed E-state index contributed by atoms with van der Waals surface area (Å²) in [5, 5.41) is 23.8. The SMILES string of the molecule is Cn1c(Nc2nc3ccc(OCC(F)(F)F)cc3o2)nc2cc(C(=O)CCCO)ccc21.Cn1c(Nc2nc3ccc(OCC(F)(F)F)cc3o2)nc2cc(C(=O)O)ccc21. The number of carbonyl (C=O) groups is 2. The molecule has 16 nitrogen and oxygen atoms in total. The van der Waals surface area contributed by atoms with Gasteiger partial charge in [-0.25, -0.2) is 14.8 Å². The molecule has 4 N–H and O–H groups in total. The first kappa shape index (κ1) is 41.8. The Labute approximate surface area is 338 Å². The van der Waals surface area contributed by atoms with Crippen LogP contribution in [0.25, 0.3) is 44.3 Å². The number of rotatable bonds is 13. The summed E-state index contributed by atoms with van der Waals surface area (Å²) in [5.74, 6) is -0.374. The molecule has 0 spiro atoms. The van der Waals surface area contributed by atoms with E-state index in [0.717, 1.165) is 5.52 Å². The van der Waals surface area contributed by atoms with Crippen molar-refractivity contribution in [3.05, 3.63) is 83.9 Å². The number of oxazole rings is 2. The number of ketones is 1. The number of aryl methyl sites for hydroxylation is 2. The summed E-state index contributed by atoms with van der Waals surface area (Å²) in [6.45, 7) is -2.86. The fourth-order valence-electron chi connectivity index (χ4n) is 5.93. The van der Waals surface area contributed by atoms with Gasteiger partial charge in [-0.1, -0.05) is 0 Å². The van der Waals surface area contributed by atoms with Gasteiger partial charge in [-0.2, -0.15) is 36.3 Å². The van der Waals surface area contributed by atoms with Gasteiger partial charge in [0.2, 0.25) is 11.9 Å². The van der Waals surface area contributed by atoms with E-state index in [2.05, 4.69) is 30.6 Å². The lowest BCUT2D eigenvalue weighted by molar-refractivity contribution is -0.154. The van der Waals surface area contributed by atoms with Gasteiger partial charge in [0.05, 0.1) is 27.6 Å². The van der Waals surface area contributed by atoms with E-state index in [0.29, 0.717) is 51.5 Å². The zero-order valence-corrected chi connectivity index (χ0v) is 31.8. The molecule has 4 heterocycles. The predicted octanol–water partition coefficient (Wildman–Crippen LogP) is 8.45. The van der Waals surface area contributed by atoms with E-state index in [1.54, 1.807) is 47.5 Å². The molecule has 0 saturated carbocycles. The number of imidazole rings is 2. The molecule has 0 aliphatic carbocycles. The number of halogens is 6. The Kier molecular flexibility index (Phi) is 11.5. The van der Waals surface area contributed by atoms with Crippen molar-refractivity contribution >= 4 is 79.9 Å². The number of nitrogens with one attached hydrogen (secondary N) is 2. The second-order valence-electron chi connectivity index (χ2n) is 13.3. The highest BCUT2D eigenvalue weighted by Crippen LogP contribution is 2.30. The minimum Gasteiger partial charge on any atom is -0.484 e. The number of fused-ring (bicyclic) bond motifs is 4. The van der Waals surface area contributed by atoms with Gasteiger partial charge in [-0.15, -0.1) is 0 Å². The highest BCUT2D eigenvalue weighted by atomic mass is 19.4. The standard InChI is InChI=1S/C21H19F3N4O4.C18H13F3N4O4/c1-28-16-7-4-12(17(30)3-2-8-29)9-15(16)25-19(28)27-20-26-14-6-5-13(10-18(14)32-20)31-11-21(22,23)24;1-25-13-5-2-9(15(26)27)6-12(13)22-16(25)24-17-23-11-4-3-10(7-14(11)29-17)28-8-18(19,20)21/h4-7,9-10,29H,2-3,8,11H2,1H3,(H,25,26,27);2-7H,8H2,1H3,(H,26,27)(H,22,23,24). The van der Waals surface area contributed by atoms with Crippen molar-refractivity contribution in [2.24, 2.45) is 14.1 Å². The van der Waals surface area contributed by atoms with Gasteiger partial charge in [0.1, 0.15) is 22.5 Å². The van der Waals surface area contributed by atoms with Crippen LogP contribution in [-0.4, -0.2) is 83.2 Å². The molecule has 0 aliphatic rings. The first-order chi connectivity index (χ1) is 28.9. The zero-order chi connectivity index (χ0) is 43.6. The number of aliphatic hydroxyl groups is 1. The first-order valence-corrected chi connectivity index (χ1v) is 18.0. The Morgan fingerprint density at radius 3 is 1.56 bits per heavy atom. The summed E-state index contributed by atoms with van der Waals surface area (Å²) >= 11 is 0. The van der Waals surface area contributed by atoms with E-state index in [9.17, 15) is 35.9 Å². The number of Topliss-reactive ketones (excluding diaryl/α,β-unsaturated/α-hetero) is 1. The molecular weight excluding hydrogens is 822 g/mol. The number of anilines is 4. The fourth-order valence-corrected chi connectivity index (χ4v) is 5.93. The summed E-state index contributed by atoms with van der Waals surface area (Å²) in [4.78, 5) is 40.6. The zero-order valence-electron chi connectivity index (χ0n) is 31.8. The van der Waals surface area contributed by atoms with Gasteiger partial charge < -0.3 is 37.7 Å². The van der Waals surface area contributed by atoms with Crippen molar-refractivity contribution in [2.45, 2.75) is 25.2 Å². The van der Waals surface area contributed by atoms with Crippen LogP contribution in [-0.2, 0) is 14.1 Å². The third-order valence-electron chi connectivity index (χ3n) is 8.85. The van der Waals surface area contributed by atoms with Crippen LogP contribution in [0.15, 0.2) is 81.6 Å². The van der Waals surface area contributed by atoms with E-state index in [-0.39, 0.29) is 59.1 Å². The maximum absolute atomic E-state index is 12.3. The highest BCUT2D eigenvalue weighted by Gasteiger charge is 2.29. The van der Waals surface area contributed by atoms with Gasteiger partial charge in [-0.05, 0) is 67.1 Å². The van der Waals surface area contributed by atoms with E-state index in [4.69, 9.17) is 28.5 Å². The number of carbonyl (C=O) groups excluding carboxylic acids is 1. The van der Waals surface area contributed by atoms with Crippen molar-refractivity contribution in [3.63, 3.8) is 0 Å².